The van der Waals surface area contributed by atoms with Gasteiger partial charge in [0.25, 0.3) is 5.82 Å². The molecule has 1 aromatic carbocycles. The third-order valence-corrected chi connectivity index (χ3v) is 4.97. The highest BCUT2D eigenvalue weighted by Gasteiger charge is 2.27. The fraction of sp³-hybridized carbons (Fsp3) is 0.429. The van der Waals surface area contributed by atoms with Gasteiger partial charge in [0.05, 0.1) is 6.20 Å². The third-order valence-electron chi connectivity index (χ3n) is 4.97. The van der Waals surface area contributed by atoms with Crippen molar-refractivity contribution < 1.29 is 24.5 Å². The van der Waals surface area contributed by atoms with Crippen LogP contribution in [0.3, 0.4) is 0 Å². The molecule has 1 aromatic heterocycles. The zero-order chi connectivity index (χ0) is 19.1. The standard InChI is InChI=1S/C21H27N3O3/c1-2-20(26)17-6-8-19(9-7-17)27-16-18(25)15-23-11-13-24(14-12-23)21-5-3-4-10-22-21/h3-10,18,25H,2,11-16H2,1H3/p+2/t18-/m0/s1. The van der Waals surface area contributed by atoms with Gasteiger partial charge in [-0.15, -0.1) is 0 Å². The summed E-state index contributed by atoms with van der Waals surface area (Å²) in [7, 11) is 0. The van der Waals surface area contributed by atoms with Crippen LogP contribution in [0, 0.1) is 0 Å². The van der Waals surface area contributed by atoms with Gasteiger partial charge in [0, 0.05) is 18.1 Å². The lowest BCUT2D eigenvalue weighted by Gasteiger charge is -2.29. The quantitative estimate of drug-likeness (QED) is 0.653. The molecule has 1 aliphatic heterocycles. The van der Waals surface area contributed by atoms with Crippen LogP contribution < -0.4 is 19.5 Å². The summed E-state index contributed by atoms with van der Waals surface area (Å²) in [5.74, 6) is 1.95. The van der Waals surface area contributed by atoms with E-state index in [0.717, 1.165) is 32.0 Å². The van der Waals surface area contributed by atoms with E-state index in [1.807, 2.05) is 25.3 Å². The minimum absolute atomic E-state index is 0.123. The van der Waals surface area contributed by atoms with Gasteiger partial charge in [0.15, 0.2) is 5.78 Å². The summed E-state index contributed by atoms with van der Waals surface area (Å²) in [6, 6.07) is 13.2. The molecule has 0 unspecified atom stereocenters. The van der Waals surface area contributed by atoms with Gasteiger partial charge in [0.1, 0.15) is 51.2 Å². The van der Waals surface area contributed by atoms with Gasteiger partial charge in [-0.25, -0.2) is 4.98 Å². The van der Waals surface area contributed by atoms with Gasteiger partial charge in [0.2, 0.25) is 0 Å². The Hall–Kier alpha value is -2.44. The van der Waals surface area contributed by atoms with Crippen LogP contribution in [0.15, 0.2) is 48.7 Å². The smallest absolute Gasteiger partial charge is 0.274 e. The van der Waals surface area contributed by atoms with Crippen LogP contribution in [0.4, 0.5) is 5.82 Å². The van der Waals surface area contributed by atoms with Gasteiger partial charge < -0.3 is 14.7 Å². The fourth-order valence-corrected chi connectivity index (χ4v) is 3.37. The molecule has 0 amide bonds. The molecule has 3 rings (SSSR count). The maximum absolute atomic E-state index is 11.6. The molecule has 6 nitrogen and oxygen atoms in total. The minimum atomic E-state index is -0.508. The van der Waals surface area contributed by atoms with Gasteiger partial charge in [-0.3, -0.25) is 9.69 Å². The Morgan fingerprint density at radius 3 is 2.59 bits per heavy atom. The van der Waals surface area contributed by atoms with Crippen LogP contribution in [-0.2, 0) is 0 Å². The molecule has 6 heteroatoms. The summed E-state index contributed by atoms with van der Waals surface area (Å²) in [4.78, 5) is 18.6. The molecule has 2 aromatic rings. The molecule has 1 saturated heterocycles. The summed E-state index contributed by atoms with van der Waals surface area (Å²) < 4.78 is 5.68. The van der Waals surface area contributed by atoms with Crippen molar-refractivity contribution >= 4 is 11.6 Å². The van der Waals surface area contributed by atoms with Crippen molar-refractivity contribution in [1.82, 2.24) is 0 Å². The summed E-state index contributed by atoms with van der Waals surface area (Å²) >= 11 is 0. The second kappa shape index (κ2) is 9.48. The van der Waals surface area contributed by atoms with Gasteiger partial charge in [-0.05, 0) is 30.3 Å². The Balaban J connectivity index is 1.40. The number of anilines is 1. The third kappa shape index (κ3) is 5.52. The predicted octanol–water partition coefficient (Wildman–Crippen LogP) is 0.238. The second-order valence-corrected chi connectivity index (χ2v) is 6.95. The van der Waals surface area contributed by atoms with E-state index in [1.165, 1.54) is 4.90 Å². The number of aromatic amines is 1. The number of piperazine rings is 1. The van der Waals surface area contributed by atoms with Crippen molar-refractivity contribution in [2.75, 3.05) is 44.2 Å². The van der Waals surface area contributed by atoms with E-state index in [4.69, 9.17) is 4.74 Å². The van der Waals surface area contributed by atoms with E-state index in [9.17, 15) is 9.90 Å². The number of ketones is 1. The number of carbonyl (C=O) groups is 1. The van der Waals surface area contributed by atoms with E-state index in [-0.39, 0.29) is 12.4 Å². The molecule has 0 saturated carbocycles. The number of aliphatic hydroxyl groups excluding tert-OH is 1. The number of rotatable bonds is 8. The molecule has 1 fully saturated rings. The number of aromatic nitrogens is 1. The number of quaternary nitrogens is 1. The Kier molecular flexibility index (Phi) is 6.79. The fourth-order valence-electron chi connectivity index (χ4n) is 3.37. The predicted molar refractivity (Wildman–Crippen MR) is 103 cm³/mol. The molecule has 1 aliphatic rings. The number of benzene rings is 1. The first kappa shape index (κ1) is 19.3. The summed E-state index contributed by atoms with van der Waals surface area (Å²) in [6.07, 6.45) is 1.93. The number of carbonyl (C=O) groups excluding carboxylic acids is 1. The number of aliphatic hydroxyl groups is 1. The van der Waals surface area contributed by atoms with E-state index < -0.39 is 6.10 Å². The highest BCUT2D eigenvalue weighted by Crippen LogP contribution is 2.13. The van der Waals surface area contributed by atoms with Crippen LogP contribution >= 0.6 is 0 Å². The Morgan fingerprint density at radius 1 is 1.22 bits per heavy atom. The van der Waals surface area contributed by atoms with Crippen LogP contribution in [0.1, 0.15) is 23.7 Å². The number of pyridine rings is 1. The first-order valence-corrected chi connectivity index (χ1v) is 9.65. The number of hydrogen-bond acceptors (Lipinski definition) is 4. The van der Waals surface area contributed by atoms with E-state index in [2.05, 4.69) is 16.0 Å². The number of hydrogen-bond donors (Lipinski definition) is 2. The monoisotopic (exact) mass is 371 g/mol. The van der Waals surface area contributed by atoms with Crippen LogP contribution in [-0.4, -0.2) is 56.3 Å². The molecule has 0 spiro atoms. The molecule has 1 atom stereocenters. The highest BCUT2D eigenvalue weighted by molar-refractivity contribution is 5.95. The number of Topliss-reactive ketones (excluding diaryl/α,β-unsaturated/α-hetero) is 1. The molecule has 27 heavy (non-hydrogen) atoms. The molecule has 0 aliphatic carbocycles. The van der Waals surface area contributed by atoms with Crippen LogP contribution in [0.2, 0.25) is 0 Å². The highest BCUT2D eigenvalue weighted by atomic mass is 16.5. The average Bonchev–Trinajstić information content (AvgIpc) is 2.73. The van der Waals surface area contributed by atoms with Crippen LogP contribution in [0.5, 0.6) is 5.75 Å². The average molecular weight is 371 g/mol. The molecule has 3 N–H and O–H groups in total. The first-order valence-electron chi connectivity index (χ1n) is 9.65. The molecule has 144 valence electrons. The molecular formula is C21H29N3O3+2. The lowest BCUT2D eigenvalue weighted by molar-refractivity contribution is -0.903. The van der Waals surface area contributed by atoms with Crippen molar-refractivity contribution in [1.29, 1.82) is 0 Å². The van der Waals surface area contributed by atoms with Crippen molar-refractivity contribution in [2.24, 2.45) is 0 Å². The zero-order valence-electron chi connectivity index (χ0n) is 15.9. The molecular weight excluding hydrogens is 342 g/mol. The van der Waals surface area contributed by atoms with Crippen molar-refractivity contribution in [3.05, 3.63) is 54.2 Å². The zero-order valence-corrected chi connectivity index (χ0v) is 15.9. The molecule has 2 heterocycles. The first-order chi connectivity index (χ1) is 13.2. The number of nitrogens with zero attached hydrogens (tertiary/aromatic N) is 1. The number of ether oxygens (including phenoxy) is 1. The molecule has 0 radical (unpaired) electrons. The lowest BCUT2D eigenvalue weighted by atomic mass is 10.1. The minimum Gasteiger partial charge on any atom is -0.491 e. The summed E-state index contributed by atoms with van der Waals surface area (Å²) in [5.41, 5.74) is 0.698. The van der Waals surface area contributed by atoms with Gasteiger partial charge in [-0.2, -0.15) is 0 Å². The molecule has 0 bridgehead atoms. The Labute approximate surface area is 160 Å². The lowest BCUT2D eigenvalue weighted by Crippen LogP contribution is -3.16. The topological polar surface area (TPSA) is 68.3 Å². The second-order valence-electron chi connectivity index (χ2n) is 6.95. The van der Waals surface area contributed by atoms with Gasteiger partial charge in [-0.1, -0.05) is 13.0 Å². The van der Waals surface area contributed by atoms with E-state index >= 15 is 0 Å². The maximum Gasteiger partial charge on any atom is 0.274 e. The Bertz CT molecular complexity index is 713. The van der Waals surface area contributed by atoms with E-state index in [1.54, 1.807) is 24.3 Å². The Morgan fingerprint density at radius 2 is 1.96 bits per heavy atom. The summed E-state index contributed by atoms with van der Waals surface area (Å²) in [6.45, 7) is 6.72. The van der Waals surface area contributed by atoms with Crippen LogP contribution in [0.25, 0.3) is 0 Å². The number of H-pyrrole nitrogens is 1. The SMILES string of the molecule is CCC(=O)c1ccc(OC[C@@H](O)C[NH+]2CCN(c3cccc[nH+]3)CC2)cc1. The van der Waals surface area contributed by atoms with Crippen molar-refractivity contribution in [2.45, 2.75) is 19.4 Å². The normalized spacial score (nSPS) is 16.1. The van der Waals surface area contributed by atoms with E-state index in [0.29, 0.717) is 24.3 Å². The largest absolute Gasteiger partial charge is 0.491 e. The summed E-state index contributed by atoms with van der Waals surface area (Å²) in [5, 5.41) is 10.3. The van der Waals surface area contributed by atoms with Crippen molar-refractivity contribution in [3.8, 4) is 5.75 Å². The van der Waals surface area contributed by atoms with Crippen molar-refractivity contribution in [3.63, 3.8) is 0 Å². The maximum atomic E-state index is 11.6. The van der Waals surface area contributed by atoms with Gasteiger partial charge >= 0.3 is 0 Å². The number of nitrogens with one attached hydrogen (secondary N) is 2.